The van der Waals surface area contributed by atoms with Gasteiger partial charge in [0.15, 0.2) is 0 Å². The Morgan fingerprint density at radius 1 is 1.15 bits per heavy atom. The second-order valence-electron chi connectivity index (χ2n) is 5.54. The fourth-order valence-electron chi connectivity index (χ4n) is 2.40. The first-order valence-corrected chi connectivity index (χ1v) is 8.06. The highest BCUT2D eigenvalue weighted by Crippen LogP contribution is 2.35. The Kier molecular flexibility index (Phi) is 5.16. The van der Waals surface area contributed by atoms with E-state index >= 15 is 0 Å². The largest absolute Gasteiger partial charge is 0.492 e. The first kappa shape index (κ1) is 18.5. The molecule has 0 fully saturated rings. The molecule has 140 valence electrons. The van der Waals surface area contributed by atoms with E-state index < -0.39 is 17.6 Å². The van der Waals surface area contributed by atoms with Crippen LogP contribution < -0.4 is 10.1 Å². The van der Waals surface area contributed by atoms with Crippen molar-refractivity contribution in [3.63, 3.8) is 0 Å². The van der Waals surface area contributed by atoms with Crippen LogP contribution in [0.15, 0.2) is 59.1 Å². The quantitative estimate of drug-likeness (QED) is 0.680. The van der Waals surface area contributed by atoms with Crippen LogP contribution in [0.3, 0.4) is 0 Å². The molecule has 1 aromatic heterocycles. The predicted octanol–water partition coefficient (Wildman–Crippen LogP) is 5.01. The van der Waals surface area contributed by atoms with Crippen molar-refractivity contribution >= 4 is 11.6 Å². The van der Waals surface area contributed by atoms with Gasteiger partial charge in [0, 0.05) is 11.6 Å². The molecule has 0 saturated heterocycles. The van der Waals surface area contributed by atoms with Crippen LogP contribution >= 0.6 is 0 Å². The van der Waals surface area contributed by atoms with Crippen LogP contribution in [0.1, 0.15) is 23.0 Å². The van der Waals surface area contributed by atoms with Crippen molar-refractivity contribution in [1.29, 1.82) is 0 Å². The third kappa shape index (κ3) is 4.28. The van der Waals surface area contributed by atoms with Crippen LogP contribution in [-0.4, -0.2) is 17.7 Å². The maximum Gasteiger partial charge on any atom is 0.416 e. The van der Waals surface area contributed by atoms with Gasteiger partial charge in [0.2, 0.25) is 5.76 Å². The van der Waals surface area contributed by atoms with Crippen molar-refractivity contribution in [2.24, 2.45) is 0 Å². The number of alkyl halides is 3. The molecule has 0 bridgehead atoms. The Morgan fingerprint density at radius 3 is 2.56 bits per heavy atom. The van der Waals surface area contributed by atoms with E-state index in [1.54, 1.807) is 31.2 Å². The van der Waals surface area contributed by atoms with Gasteiger partial charge in [-0.1, -0.05) is 35.5 Å². The molecule has 0 unspecified atom stereocenters. The van der Waals surface area contributed by atoms with Crippen LogP contribution in [0.5, 0.6) is 5.75 Å². The average molecular weight is 376 g/mol. The van der Waals surface area contributed by atoms with E-state index in [-0.39, 0.29) is 23.8 Å². The minimum atomic E-state index is -4.54. The van der Waals surface area contributed by atoms with Crippen molar-refractivity contribution in [2.75, 3.05) is 11.9 Å². The minimum Gasteiger partial charge on any atom is -0.492 e. The zero-order chi connectivity index (χ0) is 19.4. The number of benzene rings is 2. The number of halogens is 3. The summed E-state index contributed by atoms with van der Waals surface area (Å²) in [6.07, 6.45) is -4.54. The number of nitrogens with zero attached hydrogens (tertiary/aromatic N) is 1. The highest BCUT2D eigenvalue weighted by molar-refractivity contribution is 6.03. The Labute approximate surface area is 152 Å². The van der Waals surface area contributed by atoms with E-state index in [1.807, 2.05) is 6.07 Å². The summed E-state index contributed by atoms with van der Waals surface area (Å²) in [7, 11) is 0. The molecule has 1 N–H and O–H groups in total. The maximum absolute atomic E-state index is 13.0. The fraction of sp³-hybridized carbons (Fsp3) is 0.158. The van der Waals surface area contributed by atoms with E-state index in [9.17, 15) is 18.0 Å². The molecule has 1 heterocycles. The standard InChI is InChI=1S/C19H15F3N2O3/c1-2-26-16-9-8-13(19(20,21)22)10-15(16)23-18(25)17-11-14(24-27-17)12-6-4-3-5-7-12/h3-11H,2H2,1H3,(H,23,25). The van der Waals surface area contributed by atoms with Crippen molar-refractivity contribution in [3.8, 4) is 17.0 Å². The summed E-state index contributed by atoms with van der Waals surface area (Å²) in [4.78, 5) is 12.4. The molecule has 0 aliphatic heterocycles. The molecule has 0 spiro atoms. The lowest BCUT2D eigenvalue weighted by Gasteiger charge is -2.14. The number of hydrogen-bond donors (Lipinski definition) is 1. The summed E-state index contributed by atoms with van der Waals surface area (Å²) in [6, 6.07) is 13.3. The molecule has 0 saturated carbocycles. The van der Waals surface area contributed by atoms with E-state index in [0.29, 0.717) is 5.69 Å². The van der Waals surface area contributed by atoms with Gasteiger partial charge in [-0.05, 0) is 25.1 Å². The SMILES string of the molecule is CCOc1ccc(C(F)(F)F)cc1NC(=O)c1cc(-c2ccccc2)no1. The van der Waals surface area contributed by atoms with Crippen LogP contribution in [0.2, 0.25) is 0 Å². The van der Waals surface area contributed by atoms with Gasteiger partial charge in [0.25, 0.3) is 5.91 Å². The Morgan fingerprint density at radius 2 is 1.89 bits per heavy atom. The average Bonchev–Trinajstić information content (AvgIpc) is 3.13. The smallest absolute Gasteiger partial charge is 0.416 e. The first-order valence-electron chi connectivity index (χ1n) is 8.06. The number of rotatable bonds is 5. The second kappa shape index (κ2) is 7.53. The molecule has 8 heteroatoms. The maximum atomic E-state index is 13.0. The predicted molar refractivity (Wildman–Crippen MR) is 92.5 cm³/mol. The number of carbonyl (C=O) groups excluding carboxylic acids is 1. The number of aromatic nitrogens is 1. The van der Waals surface area contributed by atoms with Crippen molar-refractivity contribution in [3.05, 3.63) is 65.9 Å². The van der Waals surface area contributed by atoms with Gasteiger partial charge < -0.3 is 14.6 Å². The van der Waals surface area contributed by atoms with E-state index in [0.717, 1.165) is 23.8 Å². The molecule has 0 aliphatic carbocycles. The van der Waals surface area contributed by atoms with Gasteiger partial charge >= 0.3 is 6.18 Å². The number of hydrogen-bond acceptors (Lipinski definition) is 4. The molecule has 2 aromatic carbocycles. The highest BCUT2D eigenvalue weighted by Gasteiger charge is 2.31. The number of carbonyl (C=O) groups is 1. The summed E-state index contributed by atoms with van der Waals surface area (Å²) >= 11 is 0. The number of anilines is 1. The van der Waals surface area contributed by atoms with Gasteiger partial charge in [-0.25, -0.2) is 0 Å². The number of nitrogens with one attached hydrogen (secondary N) is 1. The molecule has 3 aromatic rings. The summed E-state index contributed by atoms with van der Waals surface area (Å²) in [5.74, 6) is -0.736. The van der Waals surface area contributed by atoms with Gasteiger partial charge in [-0.15, -0.1) is 0 Å². The van der Waals surface area contributed by atoms with Crippen molar-refractivity contribution in [2.45, 2.75) is 13.1 Å². The third-order valence-corrected chi connectivity index (χ3v) is 3.66. The highest BCUT2D eigenvalue weighted by atomic mass is 19.4. The van der Waals surface area contributed by atoms with E-state index in [2.05, 4.69) is 10.5 Å². The van der Waals surface area contributed by atoms with E-state index in [1.165, 1.54) is 6.07 Å². The van der Waals surface area contributed by atoms with Gasteiger partial charge in [0.05, 0.1) is 17.9 Å². The molecular weight excluding hydrogens is 361 g/mol. The normalized spacial score (nSPS) is 11.3. The zero-order valence-corrected chi connectivity index (χ0v) is 14.2. The topological polar surface area (TPSA) is 64.4 Å². The van der Waals surface area contributed by atoms with Gasteiger partial charge in [-0.3, -0.25) is 4.79 Å². The lowest BCUT2D eigenvalue weighted by atomic mass is 10.1. The molecule has 5 nitrogen and oxygen atoms in total. The summed E-state index contributed by atoms with van der Waals surface area (Å²) < 4.78 is 49.2. The monoisotopic (exact) mass is 376 g/mol. The summed E-state index contributed by atoms with van der Waals surface area (Å²) in [5, 5.41) is 6.21. The third-order valence-electron chi connectivity index (χ3n) is 3.66. The van der Waals surface area contributed by atoms with Gasteiger partial charge in [0.1, 0.15) is 11.4 Å². The van der Waals surface area contributed by atoms with E-state index in [4.69, 9.17) is 9.26 Å². The lowest BCUT2D eigenvalue weighted by molar-refractivity contribution is -0.137. The Hall–Kier alpha value is -3.29. The minimum absolute atomic E-state index is 0.102. The lowest BCUT2D eigenvalue weighted by Crippen LogP contribution is -2.14. The van der Waals surface area contributed by atoms with Crippen LogP contribution in [0, 0.1) is 0 Å². The van der Waals surface area contributed by atoms with Crippen molar-refractivity contribution in [1.82, 2.24) is 5.16 Å². The zero-order valence-electron chi connectivity index (χ0n) is 14.2. The molecular formula is C19H15F3N2O3. The number of ether oxygens (including phenoxy) is 1. The first-order chi connectivity index (χ1) is 12.9. The Bertz CT molecular complexity index is 937. The molecule has 1 amide bonds. The van der Waals surface area contributed by atoms with Crippen LogP contribution in [0.25, 0.3) is 11.3 Å². The summed E-state index contributed by atoms with van der Waals surface area (Å²) in [5.41, 5.74) is 0.183. The molecule has 27 heavy (non-hydrogen) atoms. The summed E-state index contributed by atoms with van der Waals surface area (Å²) in [6.45, 7) is 1.92. The molecule has 0 aliphatic rings. The fourth-order valence-corrected chi connectivity index (χ4v) is 2.40. The van der Waals surface area contributed by atoms with Crippen molar-refractivity contribution < 1.29 is 27.2 Å². The molecule has 0 atom stereocenters. The number of amides is 1. The van der Waals surface area contributed by atoms with Crippen LogP contribution in [-0.2, 0) is 6.18 Å². The second-order valence-corrected chi connectivity index (χ2v) is 5.54. The Balaban J connectivity index is 1.86. The van der Waals surface area contributed by atoms with Crippen LogP contribution in [0.4, 0.5) is 18.9 Å². The van der Waals surface area contributed by atoms with Gasteiger partial charge in [-0.2, -0.15) is 13.2 Å². The molecule has 0 radical (unpaired) electrons. The molecule has 3 rings (SSSR count).